The van der Waals surface area contributed by atoms with E-state index in [1.165, 1.54) is 0 Å². The highest BCUT2D eigenvalue weighted by molar-refractivity contribution is 5.91. The Bertz CT molecular complexity index is 710. The molecule has 0 spiro atoms. The molecule has 150 valence electrons. The van der Waals surface area contributed by atoms with Crippen LogP contribution in [-0.4, -0.2) is 35.2 Å². The first-order valence-electron chi connectivity index (χ1n) is 8.87. The summed E-state index contributed by atoms with van der Waals surface area (Å²) >= 11 is 0. The fourth-order valence-electron chi connectivity index (χ4n) is 4.49. The SMILES string of the molecule is CO[C@@H]1C[C@H]2[C@@H](C[C@@]1(C)OC(=O)c1cc([NH+]([O-])O)cc([NH+]([O-])O)c1)C2(C)C. The number of benzene rings is 1. The Morgan fingerprint density at radius 2 is 1.67 bits per heavy atom. The van der Waals surface area contributed by atoms with E-state index in [1.54, 1.807) is 7.11 Å². The van der Waals surface area contributed by atoms with Gasteiger partial charge in [0.1, 0.15) is 5.60 Å². The fraction of sp³-hybridized carbons (Fsp3) is 0.611. The fourth-order valence-corrected chi connectivity index (χ4v) is 4.49. The predicted octanol–water partition coefficient (Wildman–Crippen LogP) is 0.490. The van der Waals surface area contributed by atoms with E-state index in [4.69, 9.17) is 9.47 Å². The van der Waals surface area contributed by atoms with Crippen LogP contribution in [0, 0.1) is 27.7 Å². The zero-order valence-corrected chi connectivity index (χ0v) is 15.8. The summed E-state index contributed by atoms with van der Waals surface area (Å²) in [6.07, 6.45) is 1.17. The number of methoxy groups -OCH3 is 1. The van der Waals surface area contributed by atoms with Crippen molar-refractivity contribution in [1.29, 1.82) is 0 Å². The molecule has 1 aromatic rings. The molecule has 0 radical (unpaired) electrons. The number of carbonyl (C=O) groups is 1. The van der Waals surface area contributed by atoms with Crippen molar-refractivity contribution in [3.8, 4) is 0 Å². The number of hydrogen-bond donors (Lipinski definition) is 4. The first-order valence-corrected chi connectivity index (χ1v) is 8.87. The smallest absolute Gasteiger partial charge is 0.339 e. The van der Waals surface area contributed by atoms with Crippen LogP contribution in [0.25, 0.3) is 0 Å². The molecule has 3 rings (SSSR count). The van der Waals surface area contributed by atoms with Crippen molar-refractivity contribution in [2.75, 3.05) is 7.11 Å². The molecule has 4 N–H and O–H groups in total. The van der Waals surface area contributed by atoms with E-state index in [9.17, 15) is 25.6 Å². The highest BCUT2D eigenvalue weighted by Gasteiger charge is 2.65. The molecule has 1 aromatic carbocycles. The highest BCUT2D eigenvalue weighted by atomic mass is 16.8. The number of rotatable bonds is 5. The second kappa shape index (κ2) is 6.78. The summed E-state index contributed by atoms with van der Waals surface area (Å²) in [4.78, 5) is 12.7. The summed E-state index contributed by atoms with van der Waals surface area (Å²) < 4.78 is 11.4. The van der Waals surface area contributed by atoms with Crippen molar-refractivity contribution >= 4 is 17.3 Å². The second-order valence-corrected chi connectivity index (χ2v) is 8.31. The number of carbonyl (C=O) groups excluding carboxylic acids is 1. The van der Waals surface area contributed by atoms with E-state index in [0.717, 1.165) is 24.6 Å². The normalized spacial score (nSPS) is 33.7. The second-order valence-electron chi connectivity index (χ2n) is 8.31. The van der Waals surface area contributed by atoms with E-state index in [2.05, 4.69) is 13.8 Å². The minimum Gasteiger partial charge on any atom is -0.595 e. The molecule has 0 aliphatic heterocycles. The summed E-state index contributed by atoms with van der Waals surface area (Å²) in [5.41, 5.74) is -1.32. The first-order chi connectivity index (χ1) is 12.5. The number of hydrogen-bond acceptors (Lipinski definition) is 7. The van der Waals surface area contributed by atoms with Gasteiger partial charge in [0, 0.05) is 19.2 Å². The van der Waals surface area contributed by atoms with Gasteiger partial charge in [0.15, 0.2) is 11.4 Å². The van der Waals surface area contributed by atoms with Gasteiger partial charge in [-0.1, -0.05) is 13.8 Å². The van der Waals surface area contributed by atoms with Crippen molar-refractivity contribution in [2.45, 2.75) is 45.3 Å². The van der Waals surface area contributed by atoms with Gasteiger partial charge in [0.05, 0.1) is 17.7 Å². The molecule has 0 heterocycles. The number of ether oxygens (including phenoxy) is 2. The van der Waals surface area contributed by atoms with Gasteiger partial charge in [-0.15, -0.1) is 0 Å². The lowest BCUT2D eigenvalue weighted by Gasteiger charge is -2.39. The molecule has 2 fully saturated rings. The molecule has 2 unspecified atom stereocenters. The monoisotopic (exact) mass is 382 g/mol. The molecule has 2 saturated carbocycles. The number of nitrogens with one attached hydrogen (secondary N) is 2. The Kier molecular flexibility index (Phi) is 5.06. The average molecular weight is 382 g/mol. The van der Waals surface area contributed by atoms with Crippen LogP contribution in [0.1, 0.15) is 44.0 Å². The maximum atomic E-state index is 12.7. The molecule has 6 atom stereocenters. The average Bonchev–Trinajstić information content (AvgIpc) is 3.11. The van der Waals surface area contributed by atoms with E-state index < -0.39 is 22.0 Å². The Balaban J connectivity index is 1.86. The van der Waals surface area contributed by atoms with Gasteiger partial charge in [-0.2, -0.15) is 10.5 Å². The van der Waals surface area contributed by atoms with E-state index in [0.29, 0.717) is 18.3 Å². The maximum absolute atomic E-state index is 12.7. The zero-order chi connectivity index (χ0) is 20.1. The molecule has 2 aliphatic rings. The molecular formula is C18H26N2O7. The Morgan fingerprint density at radius 3 is 2.15 bits per heavy atom. The van der Waals surface area contributed by atoms with E-state index >= 15 is 0 Å². The van der Waals surface area contributed by atoms with Crippen LogP contribution in [0.15, 0.2) is 18.2 Å². The molecule has 9 nitrogen and oxygen atoms in total. The Morgan fingerprint density at radius 1 is 1.11 bits per heavy atom. The van der Waals surface area contributed by atoms with Crippen molar-refractivity contribution in [1.82, 2.24) is 0 Å². The third-order valence-electron chi connectivity index (χ3n) is 6.34. The lowest BCUT2D eigenvalue weighted by atomic mass is 9.83. The zero-order valence-electron chi connectivity index (χ0n) is 15.8. The number of fused-ring (bicyclic) bond motifs is 1. The molecule has 2 aliphatic carbocycles. The summed E-state index contributed by atoms with van der Waals surface area (Å²) in [6, 6.07) is 3.28. The topological polar surface area (TPSA) is 131 Å². The Hall–Kier alpha value is -1.59. The van der Waals surface area contributed by atoms with Crippen LogP contribution < -0.4 is 10.5 Å². The minimum atomic E-state index is -1.31. The molecular weight excluding hydrogens is 356 g/mol. The van der Waals surface area contributed by atoms with Gasteiger partial charge in [0.2, 0.25) is 0 Å². The van der Waals surface area contributed by atoms with Gasteiger partial charge in [0.25, 0.3) is 0 Å². The van der Waals surface area contributed by atoms with Gasteiger partial charge in [-0.3, -0.25) is 0 Å². The van der Waals surface area contributed by atoms with Crippen molar-refractivity contribution in [2.24, 2.45) is 17.3 Å². The molecule has 0 amide bonds. The number of esters is 1. The van der Waals surface area contributed by atoms with Gasteiger partial charge in [-0.25, -0.2) is 15.2 Å². The maximum Gasteiger partial charge on any atom is 0.339 e. The quantitative estimate of drug-likeness (QED) is 0.430. The third-order valence-corrected chi connectivity index (χ3v) is 6.34. The summed E-state index contributed by atoms with van der Waals surface area (Å²) in [5, 5.41) is 38.3. The largest absolute Gasteiger partial charge is 0.595 e. The van der Waals surface area contributed by atoms with Crippen LogP contribution in [0.4, 0.5) is 11.4 Å². The Labute approximate surface area is 157 Å². The molecule has 0 saturated heterocycles. The summed E-state index contributed by atoms with van der Waals surface area (Å²) in [5.74, 6) is 0.215. The molecule has 27 heavy (non-hydrogen) atoms. The third kappa shape index (κ3) is 3.59. The molecule has 9 heteroatoms. The molecule has 0 aromatic heterocycles. The standard InChI is InChI=1S/C18H26N2O7/c1-17(2)13-8-15(26-4)18(3,9-14(13)17)27-16(21)10-5-11(19(22)23)7-12(6-10)20(24)25/h5-7,13-15,19-20,22,24H,8-9H2,1-4H3/t13-,14+,15+,18+/m0/s1. The highest BCUT2D eigenvalue weighted by Crippen LogP contribution is 2.67. The van der Waals surface area contributed by atoms with Crippen LogP contribution in [-0.2, 0) is 9.47 Å². The van der Waals surface area contributed by atoms with E-state index in [1.807, 2.05) is 6.92 Å². The summed E-state index contributed by atoms with van der Waals surface area (Å²) in [7, 11) is 1.58. The van der Waals surface area contributed by atoms with Gasteiger partial charge in [-0.05, 0) is 37.0 Å². The van der Waals surface area contributed by atoms with Crippen LogP contribution in [0.2, 0.25) is 0 Å². The minimum absolute atomic E-state index is 0.0967. The van der Waals surface area contributed by atoms with Crippen LogP contribution in [0.5, 0.6) is 0 Å². The van der Waals surface area contributed by atoms with Crippen molar-refractivity contribution in [3.63, 3.8) is 0 Å². The van der Waals surface area contributed by atoms with Crippen molar-refractivity contribution in [3.05, 3.63) is 34.2 Å². The predicted molar refractivity (Wildman–Crippen MR) is 92.6 cm³/mol. The van der Waals surface area contributed by atoms with Gasteiger partial charge < -0.3 is 19.9 Å². The first kappa shape index (κ1) is 20.2. The van der Waals surface area contributed by atoms with Gasteiger partial charge >= 0.3 is 5.97 Å². The van der Waals surface area contributed by atoms with E-state index in [-0.39, 0.29) is 28.5 Å². The van der Waals surface area contributed by atoms with Crippen molar-refractivity contribution < 1.29 is 35.1 Å². The summed E-state index contributed by atoms with van der Waals surface area (Å²) in [6.45, 7) is 6.21. The van der Waals surface area contributed by atoms with Crippen LogP contribution >= 0.6 is 0 Å². The lowest BCUT2D eigenvalue weighted by molar-refractivity contribution is -0.996. The van der Waals surface area contributed by atoms with Crippen LogP contribution in [0.3, 0.4) is 0 Å². The number of quaternary nitrogens is 2. The lowest BCUT2D eigenvalue weighted by Crippen LogP contribution is -3.00. The molecule has 0 bridgehead atoms.